The molecule has 0 radical (unpaired) electrons. The minimum Gasteiger partial charge on any atom is -0.497 e. The topological polar surface area (TPSA) is 71.8 Å². The minimum atomic E-state index is 0.0574. The molecule has 4 rings (SSSR count). The van der Waals surface area contributed by atoms with Crippen LogP contribution in [-0.4, -0.2) is 29.3 Å². The first-order valence-electron chi connectivity index (χ1n) is 8.47. The zero-order valence-corrected chi connectivity index (χ0v) is 14.7. The monoisotopic (exact) mass is 345 g/mol. The molecule has 1 N–H and O–H groups in total. The van der Waals surface area contributed by atoms with E-state index < -0.39 is 0 Å². The van der Waals surface area contributed by atoms with E-state index in [0.29, 0.717) is 11.9 Å². The number of aromatic nitrogens is 2. The van der Waals surface area contributed by atoms with Crippen LogP contribution in [0, 0.1) is 6.92 Å². The van der Waals surface area contributed by atoms with Crippen LogP contribution in [0.5, 0.6) is 5.75 Å². The summed E-state index contributed by atoms with van der Waals surface area (Å²) in [7, 11) is 1.65. The first-order valence-corrected chi connectivity index (χ1v) is 8.47. The number of fused-ring (bicyclic) bond motifs is 1. The number of methoxy groups -OCH3 is 1. The number of nitrogens with zero attached hydrogens (tertiary/aromatic N) is 4. The van der Waals surface area contributed by atoms with Crippen LogP contribution in [0.1, 0.15) is 23.7 Å². The number of guanidine groups is 1. The van der Waals surface area contributed by atoms with E-state index in [-0.39, 0.29) is 6.04 Å². The molecule has 0 fully saturated rings. The number of hydrogen-bond donors (Lipinski definition) is 1. The molecule has 26 heavy (non-hydrogen) atoms. The number of aliphatic imine (C=N–C) groups is 2. The quantitative estimate of drug-likeness (QED) is 0.781. The van der Waals surface area contributed by atoms with Gasteiger partial charge in [0.15, 0.2) is 0 Å². The fourth-order valence-electron chi connectivity index (χ4n) is 2.97. The van der Waals surface area contributed by atoms with Crippen molar-refractivity contribution in [1.29, 1.82) is 0 Å². The van der Waals surface area contributed by atoms with Crippen molar-refractivity contribution >= 4 is 29.0 Å². The highest BCUT2D eigenvalue weighted by Crippen LogP contribution is 2.24. The molecule has 0 aliphatic carbocycles. The maximum Gasteiger partial charge on any atom is 0.230 e. The largest absolute Gasteiger partial charge is 0.497 e. The molecule has 3 aromatic rings. The summed E-state index contributed by atoms with van der Waals surface area (Å²) in [6, 6.07) is 16.0. The van der Waals surface area contributed by atoms with E-state index in [1.165, 1.54) is 5.56 Å². The summed E-state index contributed by atoms with van der Waals surface area (Å²) < 4.78 is 5.27. The van der Waals surface area contributed by atoms with E-state index >= 15 is 0 Å². The Morgan fingerprint density at radius 3 is 2.73 bits per heavy atom. The van der Waals surface area contributed by atoms with Gasteiger partial charge in [-0.05, 0) is 30.7 Å². The van der Waals surface area contributed by atoms with Crippen molar-refractivity contribution in [2.45, 2.75) is 19.4 Å². The van der Waals surface area contributed by atoms with Crippen molar-refractivity contribution in [3.63, 3.8) is 0 Å². The standard InChI is InChI=1S/C20H19N5O/c1-13-16-12-15(26-2)8-9-18(16)24-20(22-13)25-19-21-11-10-17(23-19)14-6-4-3-5-7-14/h3-9,11-12,17H,10H2,1-2H3,(H,22,23,24,25)/t17-/m0/s1. The SMILES string of the molecule is COc1ccc2nc(NC3=N[C@H](c4ccccc4)CC=N3)nc(C)c2c1. The summed E-state index contributed by atoms with van der Waals surface area (Å²) >= 11 is 0. The van der Waals surface area contributed by atoms with Crippen LogP contribution >= 0.6 is 0 Å². The van der Waals surface area contributed by atoms with Gasteiger partial charge in [-0.2, -0.15) is 0 Å². The molecular formula is C20H19N5O. The van der Waals surface area contributed by atoms with Gasteiger partial charge in [-0.3, -0.25) is 5.32 Å². The van der Waals surface area contributed by atoms with Crippen molar-refractivity contribution in [3.05, 3.63) is 59.8 Å². The Kier molecular flexibility index (Phi) is 4.31. The van der Waals surface area contributed by atoms with Crippen molar-refractivity contribution < 1.29 is 4.74 Å². The van der Waals surface area contributed by atoms with Crippen LogP contribution in [0.15, 0.2) is 58.5 Å². The van der Waals surface area contributed by atoms with Crippen LogP contribution in [0.2, 0.25) is 0 Å². The number of benzene rings is 2. The van der Waals surface area contributed by atoms with Gasteiger partial charge in [-0.15, -0.1) is 0 Å². The summed E-state index contributed by atoms with van der Waals surface area (Å²) in [5, 5.41) is 4.10. The van der Waals surface area contributed by atoms with Crippen LogP contribution in [0.3, 0.4) is 0 Å². The number of ether oxygens (including phenoxy) is 1. The van der Waals surface area contributed by atoms with E-state index in [1.54, 1.807) is 7.11 Å². The van der Waals surface area contributed by atoms with E-state index in [4.69, 9.17) is 9.73 Å². The minimum absolute atomic E-state index is 0.0574. The van der Waals surface area contributed by atoms with Crippen LogP contribution in [-0.2, 0) is 0 Å². The summed E-state index contributed by atoms with van der Waals surface area (Å²) in [5.41, 5.74) is 2.89. The average Bonchev–Trinajstić information content (AvgIpc) is 2.69. The smallest absolute Gasteiger partial charge is 0.230 e. The maximum atomic E-state index is 5.27. The molecule has 6 heteroatoms. The Morgan fingerprint density at radius 1 is 1.08 bits per heavy atom. The molecule has 2 heterocycles. The predicted octanol–water partition coefficient (Wildman–Crippen LogP) is 3.93. The molecule has 1 atom stereocenters. The van der Waals surface area contributed by atoms with Gasteiger partial charge >= 0.3 is 0 Å². The Bertz CT molecular complexity index is 998. The number of hydrogen-bond acceptors (Lipinski definition) is 6. The summed E-state index contributed by atoms with van der Waals surface area (Å²) in [6.07, 6.45) is 2.67. The normalized spacial score (nSPS) is 16.4. The molecule has 1 aliphatic heterocycles. The molecule has 1 aliphatic rings. The van der Waals surface area contributed by atoms with Crippen molar-refractivity contribution in [2.75, 3.05) is 12.4 Å². The van der Waals surface area contributed by atoms with Crippen molar-refractivity contribution in [2.24, 2.45) is 9.98 Å². The number of rotatable bonds is 3. The molecule has 0 unspecified atom stereocenters. The highest BCUT2D eigenvalue weighted by molar-refractivity contribution is 5.99. The fourth-order valence-corrected chi connectivity index (χ4v) is 2.97. The van der Waals surface area contributed by atoms with Crippen LogP contribution in [0.4, 0.5) is 5.95 Å². The predicted molar refractivity (Wildman–Crippen MR) is 104 cm³/mol. The fraction of sp³-hybridized carbons (Fsp3) is 0.200. The van der Waals surface area contributed by atoms with E-state index in [0.717, 1.165) is 28.8 Å². The first kappa shape index (κ1) is 16.2. The maximum absolute atomic E-state index is 5.27. The molecule has 0 saturated heterocycles. The third-order valence-corrected chi connectivity index (χ3v) is 4.32. The van der Waals surface area contributed by atoms with Gasteiger partial charge in [0.25, 0.3) is 0 Å². The lowest BCUT2D eigenvalue weighted by atomic mass is 10.0. The summed E-state index contributed by atoms with van der Waals surface area (Å²) in [5.74, 6) is 1.80. The Balaban J connectivity index is 1.62. The van der Waals surface area contributed by atoms with Crippen molar-refractivity contribution in [1.82, 2.24) is 9.97 Å². The van der Waals surface area contributed by atoms with Crippen LogP contribution < -0.4 is 10.1 Å². The molecule has 0 spiro atoms. The lowest BCUT2D eigenvalue weighted by Gasteiger charge is -2.16. The zero-order valence-electron chi connectivity index (χ0n) is 14.7. The molecule has 0 saturated carbocycles. The lowest BCUT2D eigenvalue weighted by molar-refractivity contribution is 0.415. The molecule has 6 nitrogen and oxygen atoms in total. The molecular weight excluding hydrogens is 326 g/mol. The molecule has 1 aromatic heterocycles. The van der Waals surface area contributed by atoms with E-state index in [9.17, 15) is 0 Å². The van der Waals surface area contributed by atoms with E-state index in [2.05, 4.69) is 32.4 Å². The number of nitrogens with one attached hydrogen (secondary N) is 1. The first-order chi connectivity index (χ1) is 12.7. The van der Waals surface area contributed by atoms with Gasteiger partial charge in [0.2, 0.25) is 11.9 Å². The van der Waals surface area contributed by atoms with Crippen LogP contribution in [0.25, 0.3) is 10.9 Å². The van der Waals surface area contributed by atoms with Gasteiger partial charge in [-0.1, -0.05) is 30.3 Å². The summed E-state index contributed by atoms with van der Waals surface area (Å²) in [6.45, 7) is 1.95. The highest BCUT2D eigenvalue weighted by atomic mass is 16.5. The Morgan fingerprint density at radius 2 is 1.92 bits per heavy atom. The van der Waals surface area contributed by atoms with E-state index in [1.807, 2.05) is 49.5 Å². The third-order valence-electron chi connectivity index (χ3n) is 4.32. The molecule has 0 bridgehead atoms. The summed E-state index contributed by atoms with van der Waals surface area (Å²) in [4.78, 5) is 18.2. The van der Waals surface area contributed by atoms with Gasteiger partial charge in [-0.25, -0.2) is 20.0 Å². The molecule has 2 aromatic carbocycles. The Hall–Kier alpha value is -3.28. The average molecular weight is 345 g/mol. The van der Waals surface area contributed by atoms with Gasteiger partial charge in [0, 0.05) is 18.0 Å². The highest BCUT2D eigenvalue weighted by Gasteiger charge is 2.15. The zero-order chi connectivity index (χ0) is 17.9. The third kappa shape index (κ3) is 3.26. The number of anilines is 1. The Labute approximate surface area is 151 Å². The van der Waals surface area contributed by atoms with Gasteiger partial charge in [0.05, 0.1) is 24.4 Å². The number of aryl methyl sites for hydroxylation is 1. The molecule has 0 amide bonds. The second-order valence-electron chi connectivity index (χ2n) is 6.07. The lowest BCUT2D eigenvalue weighted by Crippen LogP contribution is -2.17. The second-order valence-corrected chi connectivity index (χ2v) is 6.07. The second kappa shape index (κ2) is 6.92. The van der Waals surface area contributed by atoms with Gasteiger partial charge < -0.3 is 4.74 Å². The molecule has 130 valence electrons. The van der Waals surface area contributed by atoms with Crippen molar-refractivity contribution in [3.8, 4) is 5.75 Å². The van der Waals surface area contributed by atoms with Gasteiger partial charge in [0.1, 0.15) is 5.75 Å².